The Balaban J connectivity index is 2.01. The number of nitrogens with one attached hydrogen (secondary N) is 1. The zero-order valence-corrected chi connectivity index (χ0v) is 10.7. The van der Waals surface area contributed by atoms with Gasteiger partial charge in [0.25, 0.3) is 0 Å². The number of hydrogen-bond acceptors (Lipinski definition) is 3. The molecule has 2 aromatic rings. The number of carbonyl (C=O) groups is 1. The van der Waals surface area contributed by atoms with Crippen LogP contribution in [-0.4, -0.2) is 10.3 Å². The van der Waals surface area contributed by atoms with Crippen molar-refractivity contribution in [3.05, 3.63) is 24.3 Å². The minimum Gasteiger partial charge on any atom is -0.316 e. The molecule has 0 aliphatic carbocycles. The summed E-state index contributed by atoms with van der Waals surface area (Å²) in [7, 11) is 0. The van der Waals surface area contributed by atoms with E-state index in [-0.39, 0.29) is 5.91 Å². The van der Waals surface area contributed by atoms with E-state index >= 15 is 0 Å². The summed E-state index contributed by atoms with van der Waals surface area (Å²) < 4.78 is 4.30. The fraction of sp³-hybridized carbons (Fsp3) is 0.385. The lowest BCUT2D eigenvalue weighted by Gasteiger charge is -2.02. The molecule has 0 fully saturated rings. The summed E-state index contributed by atoms with van der Waals surface area (Å²) in [6.45, 7) is 2.13. The Bertz CT molecular complexity index is 507. The molecule has 0 saturated carbocycles. The number of aromatic nitrogens is 1. The maximum absolute atomic E-state index is 11.7. The van der Waals surface area contributed by atoms with Gasteiger partial charge in [0.15, 0.2) is 0 Å². The van der Waals surface area contributed by atoms with Gasteiger partial charge in [-0.15, -0.1) is 0 Å². The first kappa shape index (κ1) is 12.0. The van der Waals surface area contributed by atoms with Crippen molar-refractivity contribution in [1.82, 2.24) is 4.37 Å². The first-order valence-corrected chi connectivity index (χ1v) is 6.73. The van der Waals surface area contributed by atoms with Crippen LogP contribution in [0.1, 0.15) is 32.6 Å². The number of amides is 1. The standard InChI is InChI=1S/C13H16N2OS/c1-2-3-4-9-12(16)14-13-10-7-5-6-8-11(10)15-17-13/h5-8H,2-4,9H2,1H3,(H,14,16). The molecule has 0 bridgehead atoms. The molecule has 2 rings (SSSR count). The Morgan fingerprint density at radius 1 is 1.35 bits per heavy atom. The molecule has 4 heteroatoms. The van der Waals surface area contributed by atoms with Crippen molar-refractivity contribution in [2.45, 2.75) is 32.6 Å². The molecule has 3 nitrogen and oxygen atoms in total. The fourth-order valence-electron chi connectivity index (χ4n) is 1.70. The van der Waals surface area contributed by atoms with Gasteiger partial charge in [-0.2, -0.15) is 4.37 Å². The second kappa shape index (κ2) is 5.77. The Morgan fingerprint density at radius 3 is 3.00 bits per heavy atom. The zero-order valence-electron chi connectivity index (χ0n) is 9.90. The monoisotopic (exact) mass is 248 g/mol. The first-order valence-electron chi connectivity index (χ1n) is 5.95. The predicted octanol–water partition coefficient (Wildman–Crippen LogP) is 3.82. The second-order valence-electron chi connectivity index (χ2n) is 4.03. The van der Waals surface area contributed by atoms with Crippen LogP contribution >= 0.6 is 11.5 Å². The number of carbonyl (C=O) groups excluding carboxylic acids is 1. The molecule has 0 aliphatic rings. The molecule has 0 aliphatic heterocycles. The number of nitrogens with zero attached hydrogens (tertiary/aromatic N) is 1. The van der Waals surface area contributed by atoms with Crippen LogP contribution in [0.25, 0.3) is 10.9 Å². The zero-order chi connectivity index (χ0) is 12.1. The molecule has 1 heterocycles. The van der Waals surface area contributed by atoms with Crippen molar-refractivity contribution in [3.63, 3.8) is 0 Å². The van der Waals surface area contributed by atoms with Crippen molar-refractivity contribution in [1.29, 1.82) is 0 Å². The smallest absolute Gasteiger partial charge is 0.225 e. The van der Waals surface area contributed by atoms with Crippen molar-refractivity contribution < 1.29 is 4.79 Å². The Hall–Kier alpha value is -1.42. The highest BCUT2D eigenvalue weighted by molar-refractivity contribution is 7.12. The van der Waals surface area contributed by atoms with E-state index in [2.05, 4.69) is 16.6 Å². The molecular formula is C13H16N2OS. The van der Waals surface area contributed by atoms with E-state index in [4.69, 9.17) is 0 Å². The molecule has 0 atom stereocenters. The number of hydrogen-bond donors (Lipinski definition) is 1. The summed E-state index contributed by atoms with van der Waals surface area (Å²) in [4.78, 5) is 11.7. The Morgan fingerprint density at radius 2 is 2.18 bits per heavy atom. The highest BCUT2D eigenvalue weighted by Gasteiger charge is 2.08. The van der Waals surface area contributed by atoms with Gasteiger partial charge in [-0.3, -0.25) is 4.79 Å². The summed E-state index contributed by atoms with van der Waals surface area (Å²) in [6.07, 6.45) is 3.80. The molecule has 1 aromatic heterocycles. The van der Waals surface area contributed by atoms with E-state index in [1.165, 1.54) is 11.5 Å². The van der Waals surface area contributed by atoms with Crippen LogP contribution in [0.5, 0.6) is 0 Å². The molecule has 1 N–H and O–H groups in total. The molecule has 90 valence electrons. The number of benzene rings is 1. The van der Waals surface area contributed by atoms with E-state index in [9.17, 15) is 4.79 Å². The van der Waals surface area contributed by atoms with E-state index < -0.39 is 0 Å². The highest BCUT2D eigenvalue weighted by Crippen LogP contribution is 2.27. The summed E-state index contributed by atoms with van der Waals surface area (Å²) >= 11 is 1.35. The van der Waals surface area contributed by atoms with Gasteiger partial charge in [0.1, 0.15) is 5.00 Å². The summed E-state index contributed by atoms with van der Waals surface area (Å²) in [6, 6.07) is 7.86. The van der Waals surface area contributed by atoms with Crippen molar-refractivity contribution in [3.8, 4) is 0 Å². The first-order chi connectivity index (χ1) is 8.31. The SMILES string of the molecule is CCCCCC(=O)Nc1snc2ccccc12. The van der Waals surface area contributed by atoms with Crippen LogP contribution in [0, 0.1) is 0 Å². The van der Waals surface area contributed by atoms with Gasteiger partial charge < -0.3 is 5.32 Å². The molecule has 0 radical (unpaired) electrons. The third-order valence-corrected chi connectivity index (χ3v) is 3.44. The number of unbranched alkanes of at least 4 members (excludes halogenated alkanes) is 2. The van der Waals surface area contributed by atoms with E-state index in [0.717, 1.165) is 35.2 Å². The van der Waals surface area contributed by atoms with Gasteiger partial charge in [0.05, 0.1) is 5.52 Å². The van der Waals surface area contributed by atoms with Crippen LogP contribution < -0.4 is 5.32 Å². The third kappa shape index (κ3) is 3.03. The van der Waals surface area contributed by atoms with Gasteiger partial charge >= 0.3 is 0 Å². The maximum Gasteiger partial charge on any atom is 0.225 e. The van der Waals surface area contributed by atoms with Crippen molar-refractivity contribution in [2.75, 3.05) is 5.32 Å². The van der Waals surface area contributed by atoms with Crippen LogP contribution in [0.15, 0.2) is 24.3 Å². The minimum atomic E-state index is 0.0906. The molecule has 0 spiro atoms. The van der Waals surface area contributed by atoms with Crippen molar-refractivity contribution in [2.24, 2.45) is 0 Å². The Labute approximate surface area is 105 Å². The van der Waals surface area contributed by atoms with Crippen LogP contribution in [0.2, 0.25) is 0 Å². The lowest BCUT2D eigenvalue weighted by molar-refractivity contribution is -0.116. The Kier molecular flexibility index (Phi) is 4.09. The molecule has 17 heavy (non-hydrogen) atoms. The van der Waals surface area contributed by atoms with Crippen LogP contribution in [0.3, 0.4) is 0 Å². The number of anilines is 1. The third-order valence-electron chi connectivity index (χ3n) is 2.64. The fourth-order valence-corrected chi connectivity index (χ4v) is 2.48. The summed E-state index contributed by atoms with van der Waals surface area (Å²) in [5.41, 5.74) is 0.946. The van der Waals surface area contributed by atoms with Crippen molar-refractivity contribution >= 4 is 33.3 Å². The molecule has 1 aromatic carbocycles. The van der Waals surface area contributed by atoms with Crippen LogP contribution in [0.4, 0.5) is 5.00 Å². The van der Waals surface area contributed by atoms with Gasteiger partial charge in [0.2, 0.25) is 5.91 Å². The molecular weight excluding hydrogens is 232 g/mol. The van der Waals surface area contributed by atoms with Gasteiger partial charge in [-0.1, -0.05) is 31.9 Å². The highest BCUT2D eigenvalue weighted by atomic mass is 32.1. The van der Waals surface area contributed by atoms with E-state index in [1.807, 2.05) is 24.3 Å². The topological polar surface area (TPSA) is 42.0 Å². The van der Waals surface area contributed by atoms with Gasteiger partial charge in [0, 0.05) is 11.8 Å². The molecule has 1 amide bonds. The van der Waals surface area contributed by atoms with E-state index in [1.54, 1.807) is 0 Å². The summed E-state index contributed by atoms with van der Waals surface area (Å²) in [5.74, 6) is 0.0906. The predicted molar refractivity (Wildman–Crippen MR) is 72.4 cm³/mol. The van der Waals surface area contributed by atoms with E-state index in [0.29, 0.717) is 6.42 Å². The molecule has 0 saturated heterocycles. The normalized spacial score (nSPS) is 10.6. The lowest BCUT2D eigenvalue weighted by atomic mass is 10.2. The van der Waals surface area contributed by atoms with Gasteiger partial charge in [-0.05, 0) is 30.1 Å². The summed E-state index contributed by atoms with van der Waals surface area (Å²) in [5, 5.41) is 4.83. The lowest BCUT2D eigenvalue weighted by Crippen LogP contribution is -2.10. The average molecular weight is 248 g/mol. The quantitative estimate of drug-likeness (QED) is 0.817. The second-order valence-corrected chi connectivity index (χ2v) is 4.81. The largest absolute Gasteiger partial charge is 0.316 e. The number of fused-ring (bicyclic) bond motifs is 1. The average Bonchev–Trinajstić information content (AvgIpc) is 2.73. The number of rotatable bonds is 5. The minimum absolute atomic E-state index is 0.0906. The molecule has 0 unspecified atom stereocenters. The maximum atomic E-state index is 11.7. The van der Waals surface area contributed by atoms with Crippen LogP contribution in [-0.2, 0) is 4.79 Å². The van der Waals surface area contributed by atoms with Gasteiger partial charge in [-0.25, -0.2) is 0 Å².